The molecule has 4 rings (SSSR count). The Labute approximate surface area is 103 Å². The zero-order chi connectivity index (χ0) is 11.3. The van der Waals surface area contributed by atoms with Crippen LogP contribution in [0.3, 0.4) is 0 Å². The maximum atomic E-state index is 3.62. The largest absolute Gasteiger partial charge is 0.255 e. The highest BCUT2D eigenvalue weighted by Crippen LogP contribution is 2.50. The van der Waals surface area contributed by atoms with Gasteiger partial charge in [-0.2, -0.15) is 0 Å². The Kier molecular flexibility index (Phi) is 2.12. The van der Waals surface area contributed by atoms with Crippen LogP contribution in [0.4, 0.5) is 0 Å². The van der Waals surface area contributed by atoms with E-state index in [9.17, 15) is 0 Å². The summed E-state index contributed by atoms with van der Waals surface area (Å²) in [6.07, 6.45) is 6.92. The average molecular weight is 228 g/mol. The number of nitrogens with one attached hydrogen (secondary N) is 1. The summed E-state index contributed by atoms with van der Waals surface area (Å²) in [6.45, 7) is 2.26. The summed E-state index contributed by atoms with van der Waals surface area (Å²) in [7, 11) is 0. The van der Waals surface area contributed by atoms with Crippen LogP contribution < -0.4 is 5.43 Å². The van der Waals surface area contributed by atoms with E-state index < -0.39 is 0 Å². The summed E-state index contributed by atoms with van der Waals surface area (Å²) in [6, 6.07) is 9.89. The normalized spacial score (nSPS) is 39.3. The van der Waals surface area contributed by atoms with Gasteiger partial charge < -0.3 is 0 Å². The summed E-state index contributed by atoms with van der Waals surface area (Å²) in [5.74, 6) is 0. The van der Waals surface area contributed by atoms with E-state index in [1.54, 1.807) is 11.1 Å². The molecule has 2 heteroatoms. The molecule has 1 aromatic rings. The van der Waals surface area contributed by atoms with E-state index in [1.807, 2.05) is 0 Å². The summed E-state index contributed by atoms with van der Waals surface area (Å²) in [4.78, 5) is 0. The average Bonchev–Trinajstić information content (AvgIpc) is 2.39. The second-order valence-electron chi connectivity index (χ2n) is 5.86. The summed E-state index contributed by atoms with van der Waals surface area (Å²) in [5.41, 5.74) is 7.31. The first-order valence-electron chi connectivity index (χ1n) is 6.99. The van der Waals surface area contributed by atoms with Gasteiger partial charge in [0.1, 0.15) is 0 Å². The van der Waals surface area contributed by atoms with Gasteiger partial charge in [0.05, 0.1) is 0 Å². The smallest absolute Gasteiger partial charge is 0.0388 e. The Morgan fingerprint density at radius 1 is 1.18 bits per heavy atom. The molecular formula is C15H20N2. The number of nitrogens with zero attached hydrogens (tertiary/aromatic N) is 1. The van der Waals surface area contributed by atoms with Crippen molar-refractivity contribution in [3.63, 3.8) is 0 Å². The van der Waals surface area contributed by atoms with Crippen LogP contribution in [0.1, 0.15) is 43.2 Å². The van der Waals surface area contributed by atoms with Crippen LogP contribution in [0.15, 0.2) is 24.3 Å². The monoisotopic (exact) mass is 228 g/mol. The molecule has 1 unspecified atom stereocenters. The molecule has 1 saturated heterocycles. The van der Waals surface area contributed by atoms with Crippen molar-refractivity contribution >= 4 is 0 Å². The van der Waals surface area contributed by atoms with Crippen molar-refractivity contribution in [1.82, 2.24) is 10.4 Å². The van der Waals surface area contributed by atoms with Crippen molar-refractivity contribution in [3.8, 4) is 0 Å². The van der Waals surface area contributed by atoms with Crippen molar-refractivity contribution < 1.29 is 0 Å². The first-order chi connectivity index (χ1) is 8.40. The fourth-order valence-corrected chi connectivity index (χ4v) is 4.44. The van der Waals surface area contributed by atoms with Crippen molar-refractivity contribution in [1.29, 1.82) is 0 Å². The standard InChI is InChI=1S/C15H20N2/c1-2-6-13-12(5-1)11-17-14-7-3-4-8-15(13,14)9-10-16-17/h1-2,5-6,14,16H,3-4,7-11H2/t14-,15+/m1/s1. The fraction of sp³-hybridized carbons (Fsp3) is 0.600. The highest BCUT2D eigenvalue weighted by Gasteiger charge is 2.50. The SMILES string of the molecule is c1ccc2c(c1)CN1NCC[C@@]23CCCC[C@@H]13. The third kappa shape index (κ3) is 1.28. The predicted octanol–water partition coefficient (Wildman–Crippen LogP) is 2.59. The molecule has 2 nitrogen and oxygen atoms in total. The Morgan fingerprint density at radius 3 is 3.12 bits per heavy atom. The lowest BCUT2D eigenvalue weighted by atomic mass is 9.60. The molecule has 2 aliphatic heterocycles. The number of rotatable bonds is 0. The van der Waals surface area contributed by atoms with E-state index in [-0.39, 0.29) is 0 Å². The molecule has 2 fully saturated rings. The second kappa shape index (κ2) is 3.56. The van der Waals surface area contributed by atoms with Crippen molar-refractivity contribution in [2.45, 2.75) is 50.1 Å². The highest BCUT2D eigenvalue weighted by molar-refractivity contribution is 5.40. The zero-order valence-electron chi connectivity index (χ0n) is 10.3. The van der Waals surface area contributed by atoms with Crippen molar-refractivity contribution in [2.24, 2.45) is 0 Å². The third-order valence-electron chi connectivity index (χ3n) is 5.15. The Morgan fingerprint density at radius 2 is 2.12 bits per heavy atom. The van der Waals surface area contributed by atoms with Gasteiger partial charge in [-0.3, -0.25) is 5.43 Å². The van der Waals surface area contributed by atoms with E-state index >= 15 is 0 Å². The second-order valence-corrected chi connectivity index (χ2v) is 5.86. The van der Waals surface area contributed by atoms with Gasteiger partial charge in [0.2, 0.25) is 0 Å². The van der Waals surface area contributed by atoms with Crippen LogP contribution in [-0.2, 0) is 12.0 Å². The lowest BCUT2D eigenvalue weighted by molar-refractivity contribution is -0.0278. The fourth-order valence-electron chi connectivity index (χ4n) is 4.44. The summed E-state index contributed by atoms with van der Waals surface area (Å²) >= 11 is 0. The first kappa shape index (κ1) is 10.1. The van der Waals surface area contributed by atoms with Gasteiger partial charge in [-0.1, -0.05) is 37.1 Å². The van der Waals surface area contributed by atoms with E-state index in [1.165, 1.54) is 32.1 Å². The van der Waals surface area contributed by atoms with Crippen molar-refractivity contribution in [2.75, 3.05) is 6.54 Å². The van der Waals surface area contributed by atoms with Crippen LogP contribution in [0, 0.1) is 0 Å². The molecule has 0 aromatic heterocycles. The minimum absolute atomic E-state index is 0.471. The quantitative estimate of drug-likeness (QED) is 0.734. The lowest BCUT2D eigenvalue weighted by Crippen LogP contribution is -2.64. The third-order valence-corrected chi connectivity index (χ3v) is 5.15. The molecule has 1 aliphatic carbocycles. The summed E-state index contributed by atoms with van der Waals surface area (Å²) < 4.78 is 0. The first-order valence-corrected chi connectivity index (χ1v) is 6.99. The number of hydrogen-bond acceptors (Lipinski definition) is 2. The molecule has 0 amide bonds. The van der Waals surface area contributed by atoms with E-state index in [4.69, 9.17) is 0 Å². The van der Waals surface area contributed by atoms with Gasteiger partial charge in [0.25, 0.3) is 0 Å². The summed E-state index contributed by atoms with van der Waals surface area (Å²) in [5, 5.41) is 2.53. The van der Waals surface area contributed by atoms with Gasteiger partial charge >= 0.3 is 0 Å². The molecule has 1 N–H and O–H groups in total. The van der Waals surface area contributed by atoms with Crippen LogP contribution >= 0.6 is 0 Å². The molecule has 3 atom stereocenters. The van der Waals surface area contributed by atoms with Gasteiger partial charge in [-0.25, -0.2) is 5.01 Å². The van der Waals surface area contributed by atoms with Gasteiger partial charge in [-0.05, 0) is 30.4 Å². The van der Waals surface area contributed by atoms with E-state index in [0.29, 0.717) is 5.41 Å². The molecular weight excluding hydrogens is 208 g/mol. The number of fused-ring (bicyclic) bond motifs is 1. The van der Waals surface area contributed by atoms with Gasteiger partial charge in [-0.15, -0.1) is 0 Å². The van der Waals surface area contributed by atoms with Gasteiger partial charge in [0, 0.05) is 24.5 Å². The minimum atomic E-state index is 0.471. The topological polar surface area (TPSA) is 15.3 Å². The number of hydrazine groups is 1. The molecule has 90 valence electrons. The molecule has 0 spiro atoms. The van der Waals surface area contributed by atoms with Crippen LogP contribution in [0.25, 0.3) is 0 Å². The molecule has 17 heavy (non-hydrogen) atoms. The zero-order valence-corrected chi connectivity index (χ0v) is 10.3. The maximum absolute atomic E-state index is 3.62. The van der Waals surface area contributed by atoms with E-state index in [2.05, 4.69) is 34.7 Å². The van der Waals surface area contributed by atoms with Crippen LogP contribution in [0.5, 0.6) is 0 Å². The predicted molar refractivity (Wildman–Crippen MR) is 68.5 cm³/mol. The highest BCUT2D eigenvalue weighted by atomic mass is 15.5. The molecule has 0 radical (unpaired) electrons. The Hall–Kier alpha value is -0.860. The van der Waals surface area contributed by atoms with Crippen molar-refractivity contribution in [3.05, 3.63) is 35.4 Å². The molecule has 2 bridgehead atoms. The number of hydrogen-bond donors (Lipinski definition) is 1. The molecule has 3 aliphatic rings. The maximum Gasteiger partial charge on any atom is 0.0388 e. The van der Waals surface area contributed by atoms with Gasteiger partial charge in [0.15, 0.2) is 0 Å². The molecule has 1 saturated carbocycles. The van der Waals surface area contributed by atoms with Crippen LogP contribution in [0.2, 0.25) is 0 Å². The molecule has 2 heterocycles. The Balaban J connectivity index is 1.90. The number of benzene rings is 1. The Bertz CT molecular complexity index is 438. The minimum Gasteiger partial charge on any atom is -0.255 e. The lowest BCUT2D eigenvalue weighted by Gasteiger charge is -2.57. The van der Waals surface area contributed by atoms with E-state index in [0.717, 1.165) is 19.1 Å². The molecule has 1 aromatic carbocycles. The van der Waals surface area contributed by atoms with Crippen LogP contribution in [-0.4, -0.2) is 17.6 Å².